The standard InChI is InChI=1S/C29H27NO7/c1-16-11-23(35-4)17(2)10-21(16)27(31)25-26(19-6-5-7-20(13-19)34-3)30(29(33)28(25)32)14-18-8-9-22-24(12-18)37-15-36-22/h5-13,26,31H,14-15H2,1-4H3/b27-25+. The normalized spacial score (nSPS) is 17.8. The van der Waals surface area contributed by atoms with E-state index in [2.05, 4.69) is 0 Å². The predicted octanol–water partition coefficient (Wildman–Crippen LogP) is 4.67. The summed E-state index contributed by atoms with van der Waals surface area (Å²) in [6.45, 7) is 3.93. The number of aliphatic hydroxyl groups excluding tert-OH is 1. The van der Waals surface area contributed by atoms with E-state index in [1.165, 1.54) is 4.90 Å². The van der Waals surface area contributed by atoms with Crippen LogP contribution in [-0.4, -0.2) is 42.7 Å². The number of ether oxygens (including phenoxy) is 4. The summed E-state index contributed by atoms with van der Waals surface area (Å²) in [6.07, 6.45) is 0. The Bertz CT molecular complexity index is 1440. The van der Waals surface area contributed by atoms with Gasteiger partial charge < -0.3 is 29.0 Å². The highest BCUT2D eigenvalue weighted by molar-refractivity contribution is 6.46. The van der Waals surface area contributed by atoms with Crippen molar-refractivity contribution in [2.75, 3.05) is 21.0 Å². The number of amides is 1. The number of hydrogen-bond acceptors (Lipinski definition) is 7. The van der Waals surface area contributed by atoms with Gasteiger partial charge >= 0.3 is 0 Å². The summed E-state index contributed by atoms with van der Waals surface area (Å²) in [4.78, 5) is 28.3. The van der Waals surface area contributed by atoms with E-state index in [4.69, 9.17) is 18.9 Å². The summed E-state index contributed by atoms with van der Waals surface area (Å²) in [6, 6.07) is 15.3. The SMILES string of the molecule is COc1cccc(C2/C(=C(\O)c3cc(C)c(OC)cc3C)C(=O)C(=O)N2Cc2ccc3c(c2)OCO3)c1. The maximum absolute atomic E-state index is 13.5. The summed E-state index contributed by atoms with van der Waals surface area (Å²) in [5.74, 6) is 0.762. The summed E-state index contributed by atoms with van der Waals surface area (Å²) < 4.78 is 21.7. The molecule has 1 N–H and O–H groups in total. The Morgan fingerprint density at radius 3 is 2.51 bits per heavy atom. The molecule has 0 aromatic heterocycles. The van der Waals surface area contributed by atoms with E-state index in [9.17, 15) is 14.7 Å². The zero-order valence-corrected chi connectivity index (χ0v) is 21.0. The van der Waals surface area contributed by atoms with Crippen molar-refractivity contribution in [3.8, 4) is 23.0 Å². The molecule has 190 valence electrons. The van der Waals surface area contributed by atoms with Crippen LogP contribution in [0.2, 0.25) is 0 Å². The number of carbonyl (C=O) groups is 2. The molecular weight excluding hydrogens is 474 g/mol. The molecule has 1 atom stereocenters. The van der Waals surface area contributed by atoms with Gasteiger partial charge in [0, 0.05) is 12.1 Å². The number of aryl methyl sites for hydroxylation is 2. The number of fused-ring (bicyclic) bond motifs is 1. The Labute approximate surface area is 214 Å². The Kier molecular flexibility index (Phi) is 6.25. The van der Waals surface area contributed by atoms with Crippen molar-refractivity contribution in [3.05, 3.63) is 88.0 Å². The maximum atomic E-state index is 13.5. The van der Waals surface area contributed by atoms with Gasteiger partial charge in [0.2, 0.25) is 6.79 Å². The second kappa shape index (κ2) is 9.54. The molecule has 3 aromatic rings. The topological polar surface area (TPSA) is 94.5 Å². The van der Waals surface area contributed by atoms with Crippen molar-refractivity contribution in [2.45, 2.75) is 26.4 Å². The lowest BCUT2D eigenvalue weighted by Crippen LogP contribution is -2.29. The molecule has 2 aliphatic rings. The average Bonchev–Trinajstić information content (AvgIpc) is 3.47. The average molecular weight is 502 g/mol. The minimum absolute atomic E-state index is 0.0201. The van der Waals surface area contributed by atoms with Crippen molar-refractivity contribution in [1.82, 2.24) is 4.90 Å². The van der Waals surface area contributed by atoms with Gasteiger partial charge in [-0.3, -0.25) is 9.59 Å². The molecule has 1 saturated heterocycles. The van der Waals surface area contributed by atoms with Crippen molar-refractivity contribution >= 4 is 17.4 Å². The lowest BCUT2D eigenvalue weighted by molar-refractivity contribution is -0.140. The Morgan fingerprint density at radius 2 is 1.76 bits per heavy atom. The Hall–Kier alpha value is -4.46. The molecule has 37 heavy (non-hydrogen) atoms. The number of ketones is 1. The van der Waals surface area contributed by atoms with E-state index in [1.54, 1.807) is 56.7 Å². The van der Waals surface area contributed by atoms with E-state index < -0.39 is 17.7 Å². The monoisotopic (exact) mass is 501 g/mol. The summed E-state index contributed by atoms with van der Waals surface area (Å²) in [7, 11) is 3.12. The Balaban J connectivity index is 1.65. The van der Waals surface area contributed by atoms with Crippen molar-refractivity contribution < 1.29 is 33.6 Å². The van der Waals surface area contributed by atoms with Gasteiger partial charge in [0.1, 0.15) is 17.3 Å². The number of likely N-dealkylation sites (tertiary alicyclic amines) is 1. The fourth-order valence-corrected chi connectivity index (χ4v) is 4.85. The molecule has 1 amide bonds. The highest BCUT2D eigenvalue weighted by atomic mass is 16.7. The van der Waals surface area contributed by atoms with Crippen LogP contribution >= 0.6 is 0 Å². The summed E-state index contributed by atoms with van der Waals surface area (Å²) in [5.41, 5.74) is 3.40. The van der Waals surface area contributed by atoms with Gasteiger partial charge in [-0.2, -0.15) is 0 Å². The Morgan fingerprint density at radius 1 is 0.973 bits per heavy atom. The largest absolute Gasteiger partial charge is 0.507 e. The van der Waals surface area contributed by atoms with Crippen LogP contribution in [0.25, 0.3) is 5.76 Å². The number of benzene rings is 3. The molecule has 0 spiro atoms. The van der Waals surface area contributed by atoms with Gasteiger partial charge in [-0.1, -0.05) is 18.2 Å². The quantitative estimate of drug-likeness (QED) is 0.298. The van der Waals surface area contributed by atoms with Crippen molar-refractivity contribution in [3.63, 3.8) is 0 Å². The molecule has 2 heterocycles. The first-order valence-electron chi connectivity index (χ1n) is 11.8. The second-order valence-electron chi connectivity index (χ2n) is 9.03. The van der Waals surface area contributed by atoms with Gasteiger partial charge in [-0.25, -0.2) is 0 Å². The van der Waals surface area contributed by atoms with Crippen LogP contribution in [0, 0.1) is 13.8 Å². The van der Waals surface area contributed by atoms with Gasteiger partial charge in [0.05, 0.1) is 25.8 Å². The number of aliphatic hydroxyl groups is 1. The fraction of sp³-hybridized carbons (Fsp3) is 0.241. The fourth-order valence-electron chi connectivity index (χ4n) is 4.85. The van der Waals surface area contributed by atoms with Gasteiger partial charge in [0.15, 0.2) is 11.5 Å². The number of nitrogens with zero attached hydrogens (tertiary/aromatic N) is 1. The molecule has 8 nitrogen and oxygen atoms in total. The van der Waals surface area contributed by atoms with Crippen molar-refractivity contribution in [1.29, 1.82) is 0 Å². The first kappa shape index (κ1) is 24.2. The highest BCUT2D eigenvalue weighted by Crippen LogP contribution is 2.43. The van der Waals surface area contributed by atoms with E-state index >= 15 is 0 Å². The van der Waals surface area contributed by atoms with E-state index in [1.807, 2.05) is 26.0 Å². The molecule has 0 radical (unpaired) electrons. The van der Waals surface area contributed by atoms with Gasteiger partial charge in [-0.15, -0.1) is 0 Å². The molecule has 2 aliphatic heterocycles. The van der Waals surface area contributed by atoms with Crippen LogP contribution in [-0.2, 0) is 16.1 Å². The van der Waals surface area contributed by atoms with Crippen LogP contribution in [0.5, 0.6) is 23.0 Å². The molecule has 1 fully saturated rings. The first-order chi connectivity index (χ1) is 17.8. The van der Waals surface area contributed by atoms with Crippen molar-refractivity contribution in [2.24, 2.45) is 0 Å². The molecule has 0 aliphatic carbocycles. The molecule has 8 heteroatoms. The molecule has 1 unspecified atom stereocenters. The zero-order chi connectivity index (χ0) is 26.3. The number of carbonyl (C=O) groups excluding carboxylic acids is 2. The van der Waals surface area contributed by atoms with Crippen LogP contribution in [0.1, 0.15) is 33.9 Å². The van der Waals surface area contributed by atoms with E-state index in [0.717, 1.165) is 11.1 Å². The van der Waals surface area contributed by atoms with Gasteiger partial charge in [0.25, 0.3) is 11.7 Å². The molecule has 5 rings (SSSR count). The molecular formula is C29H27NO7. The third-order valence-corrected chi connectivity index (χ3v) is 6.74. The minimum Gasteiger partial charge on any atom is -0.507 e. The predicted molar refractivity (Wildman–Crippen MR) is 136 cm³/mol. The number of rotatable bonds is 6. The maximum Gasteiger partial charge on any atom is 0.295 e. The van der Waals surface area contributed by atoms with Crippen LogP contribution in [0.4, 0.5) is 0 Å². The minimum atomic E-state index is -0.831. The summed E-state index contributed by atoms with van der Waals surface area (Å²) >= 11 is 0. The summed E-state index contributed by atoms with van der Waals surface area (Å²) in [5, 5.41) is 11.5. The molecule has 3 aromatic carbocycles. The number of Topliss-reactive ketones (excluding diaryl/α,β-unsaturated/α-hetero) is 1. The third-order valence-electron chi connectivity index (χ3n) is 6.74. The molecule has 0 saturated carbocycles. The van der Waals surface area contributed by atoms with Crippen LogP contribution < -0.4 is 18.9 Å². The zero-order valence-electron chi connectivity index (χ0n) is 21.0. The lowest BCUT2D eigenvalue weighted by Gasteiger charge is -2.26. The van der Waals surface area contributed by atoms with Crippen LogP contribution in [0.3, 0.4) is 0 Å². The molecule has 0 bridgehead atoms. The number of hydrogen-bond donors (Lipinski definition) is 1. The van der Waals surface area contributed by atoms with E-state index in [0.29, 0.717) is 39.7 Å². The first-order valence-corrected chi connectivity index (χ1v) is 11.8. The second-order valence-corrected chi connectivity index (χ2v) is 9.03. The third kappa shape index (κ3) is 4.24. The van der Waals surface area contributed by atoms with E-state index in [-0.39, 0.29) is 24.7 Å². The van der Waals surface area contributed by atoms with Crippen LogP contribution in [0.15, 0.2) is 60.2 Å². The highest BCUT2D eigenvalue weighted by Gasteiger charge is 2.46. The smallest absolute Gasteiger partial charge is 0.295 e. The lowest BCUT2D eigenvalue weighted by atomic mass is 9.93. The number of methoxy groups -OCH3 is 2. The van der Waals surface area contributed by atoms with Gasteiger partial charge in [-0.05, 0) is 72.5 Å².